The molecule has 0 aromatic heterocycles. The van der Waals surface area contributed by atoms with Crippen molar-refractivity contribution < 1.29 is 0 Å². The fourth-order valence-electron chi connectivity index (χ4n) is 3.38. The van der Waals surface area contributed by atoms with Gasteiger partial charge in [0.25, 0.3) is 0 Å². The van der Waals surface area contributed by atoms with Crippen LogP contribution in [-0.2, 0) is 0 Å². The second-order valence-electron chi connectivity index (χ2n) is 6.26. The Morgan fingerprint density at radius 2 is 1.94 bits per heavy atom. The Kier molecular flexibility index (Phi) is 7.92. The lowest BCUT2D eigenvalue weighted by Crippen LogP contribution is -2.39. The summed E-state index contributed by atoms with van der Waals surface area (Å²) in [7, 11) is 2.33. The molecule has 0 amide bonds. The van der Waals surface area contributed by atoms with Crippen LogP contribution in [0.4, 0.5) is 0 Å². The summed E-state index contributed by atoms with van der Waals surface area (Å²) in [6.07, 6.45) is 9.79. The Morgan fingerprint density at radius 3 is 2.61 bits per heavy atom. The lowest BCUT2D eigenvalue weighted by Gasteiger charge is -2.36. The molecular formula is C16H34N2. The van der Waals surface area contributed by atoms with Crippen molar-refractivity contribution in [3.05, 3.63) is 0 Å². The van der Waals surface area contributed by atoms with E-state index in [0.717, 1.165) is 18.5 Å². The molecule has 3 atom stereocenters. The SMILES string of the molecule is CCNC(C)CCCCN(C)C1CCCCC1C. The molecule has 1 fully saturated rings. The highest BCUT2D eigenvalue weighted by molar-refractivity contribution is 4.79. The summed E-state index contributed by atoms with van der Waals surface area (Å²) in [5.74, 6) is 0.907. The zero-order valence-corrected chi connectivity index (χ0v) is 13.0. The second kappa shape index (κ2) is 8.92. The molecule has 1 aliphatic rings. The van der Waals surface area contributed by atoms with Crippen molar-refractivity contribution in [2.75, 3.05) is 20.1 Å². The molecule has 1 saturated carbocycles. The van der Waals surface area contributed by atoms with E-state index in [9.17, 15) is 0 Å². The van der Waals surface area contributed by atoms with E-state index < -0.39 is 0 Å². The number of nitrogens with zero attached hydrogens (tertiary/aromatic N) is 1. The maximum absolute atomic E-state index is 3.49. The summed E-state index contributed by atoms with van der Waals surface area (Å²) in [5.41, 5.74) is 0. The highest BCUT2D eigenvalue weighted by Gasteiger charge is 2.24. The van der Waals surface area contributed by atoms with Crippen LogP contribution in [0.5, 0.6) is 0 Å². The van der Waals surface area contributed by atoms with Crippen LogP contribution in [0.2, 0.25) is 0 Å². The van der Waals surface area contributed by atoms with E-state index >= 15 is 0 Å². The third kappa shape index (κ3) is 5.71. The monoisotopic (exact) mass is 254 g/mol. The molecule has 0 aliphatic heterocycles. The second-order valence-corrected chi connectivity index (χ2v) is 6.26. The molecule has 2 nitrogen and oxygen atoms in total. The minimum Gasteiger partial charge on any atom is -0.315 e. The van der Waals surface area contributed by atoms with E-state index in [-0.39, 0.29) is 0 Å². The smallest absolute Gasteiger partial charge is 0.0118 e. The van der Waals surface area contributed by atoms with E-state index in [1.54, 1.807) is 0 Å². The predicted molar refractivity (Wildman–Crippen MR) is 81.0 cm³/mol. The Balaban J connectivity index is 2.10. The molecule has 2 heteroatoms. The van der Waals surface area contributed by atoms with Gasteiger partial charge in [0.15, 0.2) is 0 Å². The largest absolute Gasteiger partial charge is 0.315 e. The molecule has 0 saturated heterocycles. The highest BCUT2D eigenvalue weighted by atomic mass is 15.1. The summed E-state index contributed by atoms with van der Waals surface area (Å²) in [6, 6.07) is 1.54. The van der Waals surface area contributed by atoms with Crippen LogP contribution in [-0.4, -0.2) is 37.1 Å². The van der Waals surface area contributed by atoms with E-state index in [4.69, 9.17) is 0 Å². The highest BCUT2D eigenvalue weighted by Crippen LogP contribution is 2.27. The van der Waals surface area contributed by atoms with Crippen LogP contribution in [0.1, 0.15) is 65.7 Å². The van der Waals surface area contributed by atoms with Crippen molar-refractivity contribution in [1.82, 2.24) is 10.2 Å². The summed E-state index contributed by atoms with van der Waals surface area (Å²) >= 11 is 0. The first-order valence-electron chi connectivity index (χ1n) is 8.08. The topological polar surface area (TPSA) is 15.3 Å². The molecule has 0 spiro atoms. The molecule has 0 aromatic carbocycles. The average molecular weight is 254 g/mol. The number of unbranched alkanes of at least 4 members (excludes halogenated alkanes) is 1. The molecule has 0 heterocycles. The van der Waals surface area contributed by atoms with Gasteiger partial charge in [0, 0.05) is 12.1 Å². The molecular weight excluding hydrogens is 220 g/mol. The van der Waals surface area contributed by atoms with Gasteiger partial charge in [-0.15, -0.1) is 0 Å². The first kappa shape index (κ1) is 16.0. The van der Waals surface area contributed by atoms with Gasteiger partial charge in [-0.25, -0.2) is 0 Å². The van der Waals surface area contributed by atoms with Crippen molar-refractivity contribution in [3.8, 4) is 0 Å². The van der Waals surface area contributed by atoms with Crippen LogP contribution in [0.3, 0.4) is 0 Å². The minimum absolute atomic E-state index is 0.689. The predicted octanol–water partition coefficient (Wildman–Crippen LogP) is 3.67. The fraction of sp³-hybridized carbons (Fsp3) is 1.00. The third-order valence-corrected chi connectivity index (χ3v) is 4.58. The zero-order valence-electron chi connectivity index (χ0n) is 13.0. The van der Waals surface area contributed by atoms with Gasteiger partial charge < -0.3 is 10.2 Å². The van der Waals surface area contributed by atoms with Crippen LogP contribution in [0.25, 0.3) is 0 Å². The number of hydrogen-bond donors (Lipinski definition) is 1. The lowest BCUT2D eigenvalue weighted by atomic mass is 9.85. The quantitative estimate of drug-likeness (QED) is 0.665. The normalized spacial score (nSPS) is 26.5. The molecule has 18 heavy (non-hydrogen) atoms. The minimum atomic E-state index is 0.689. The number of nitrogens with one attached hydrogen (secondary N) is 1. The molecule has 0 radical (unpaired) electrons. The number of hydrogen-bond acceptors (Lipinski definition) is 2. The van der Waals surface area contributed by atoms with Crippen molar-refractivity contribution in [1.29, 1.82) is 0 Å². The van der Waals surface area contributed by atoms with Crippen molar-refractivity contribution >= 4 is 0 Å². The molecule has 3 unspecified atom stereocenters. The molecule has 1 aliphatic carbocycles. The van der Waals surface area contributed by atoms with Gasteiger partial charge in [-0.1, -0.05) is 33.1 Å². The Hall–Kier alpha value is -0.0800. The van der Waals surface area contributed by atoms with Crippen LogP contribution in [0.15, 0.2) is 0 Å². The summed E-state index contributed by atoms with van der Waals surface area (Å²) in [5, 5.41) is 3.49. The maximum Gasteiger partial charge on any atom is 0.0118 e. The third-order valence-electron chi connectivity index (χ3n) is 4.58. The molecule has 0 bridgehead atoms. The number of rotatable bonds is 8. The standard InChI is InChI=1S/C16H34N2/c1-5-17-15(3)11-8-9-13-18(4)16-12-7-6-10-14(16)2/h14-17H,5-13H2,1-4H3. The Bertz CT molecular complexity index is 205. The van der Waals surface area contributed by atoms with E-state index in [1.165, 1.54) is 51.5 Å². The van der Waals surface area contributed by atoms with E-state index in [0.29, 0.717) is 6.04 Å². The van der Waals surface area contributed by atoms with Crippen LogP contribution < -0.4 is 5.32 Å². The van der Waals surface area contributed by atoms with Gasteiger partial charge in [-0.2, -0.15) is 0 Å². The molecule has 108 valence electrons. The first-order chi connectivity index (χ1) is 8.65. The van der Waals surface area contributed by atoms with Gasteiger partial charge in [0.2, 0.25) is 0 Å². The van der Waals surface area contributed by atoms with Gasteiger partial charge in [-0.05, 0) is 58.7 Å². The Labute approximate surface area is 115 Å². The van der Waals surface area contributed by atoms with Gasteiger partial charge in [0.05, 0.1) is 0 Å². The average Bonchev–Trinajstić information content (AvgIpc) is 2.35. The summed E-state index contributed by atoms with van der Waals surface area (Å²) < 4.78 is 0. The van der Waals surface area contributed by atoms with Crippen molar-refractivity contribution in [3.63, 3.8) is 0 Å². The van der Waals surface area contributed by atoms with Crippen LogP contribution >= 0.6 is 0 Å². The maximum atomic E-state index is 3.49. The summed E-state index contributed by atoms with van der Waals surface area (Å²) in [4.78, 5) is 2.63. The molecule has 1 rings (SSSR count). The lowest BCUT2D eigenvalue weighted by molar-refractivity contribution is 0.137. The fourth-order valence-corrected chi connectivity index (χ4v) is 3.38. The first-order valence-corrected chi connectivity index (χ1v) is 8.08. The molecule has 0 aromatic rings. The molecule has 1 N–H and O–H groups in total. The van der Waals surface area contributed by atoms with Crippen molar-refractivity contribution in [2.24, 2.45) is 5.92 Å². The summed E-state index contributed by atoms with van der Waals surface area (Å²) in [6.45, 7) is 9.31. The van der Waals surface area contributed by atoms with Gasteiger partial charge in [0.1, 0.15) is 0 Å². The zero-order chi connectivity index (χ0) is 13.4. The van der Waals surface area contributed by atoms with Crippen LogP contribution in [0, 0.1) is 5.92 Å². The van der Waals surface area contributed by atoms with Gasteiger partial charge >= 0.3 is 0 Å². The van der Waals surface area contributed by atoms with Crippen molar-refractivity contribution in [2.45, 2.75) is 77.8 Å². The van der Waals surface area contributed by atoms with E-state index in [2.05, 4.69) is 38.0 Å². The van der Waals surface area contributed by atoms with E-state index in [1.807, 2.05) is 0 Å². The Morgan fingerprint density at radius 1 is 1.22 bits per heavy atom. The van der Waals surface area contributed by atoms with Gasteiger partial charge in [-0.3, -0.25) is 0 Å².